The maximum absolute atomic E-state index is 10.7. The van der Waals surface area contributed by atoms with Gasteiger partial charge in [-0.15, -0.1) is 0 Å². The molecule has 0 aromatic heterocycles. The second-order valence-corrected chi connectivity index (χ2v) is 4.48. The van der Waals surface area contributed by atoms with Crippen molar-refractivity contribution in [3.05, 3.63) is 17.7 Å². The molecule has 0 radical (unpaired) electrons. The van der Waals surface area contributed by atoms with Gasteiger partial charge < -0.3 is 30.1 Å². The molecule has 4 N–H and O–H groups in total. The number of anilines is 1. The second-order valence-electron chi connectivity index (χ2n) is 4.48. The first-order valence-corrected chi connectivity index (χ1v) is 6.51. The minimum absolute atomic E-state index is 0.0256. The normalized spacial score (nSPS) is 11.8. The standard InChI is InChI=1S/C14H21NO6/c1-20-12-6-10(15-7-11(17)8-16)5-9(14(12)21-2)3-4-13(18)19/h5-6,11,15-17H,3-4,7-8H2,1-2H3,(H,18,19). The summed E-state index contributed by atoms with van der Waals surface area (Å²) in [5, 5.41) is 29.9. The van der Waals surface area contributed by atoms with Crippen molar-refractivity contribution < 1.29 is 29.6 Å². The molecule has 0 bridgehead atoms. The topological polar surface area (TPSA) is 108 Å². The van der Waals surface area contributed by atoms with Gasteiger partial charge in [0.1, 0.15) is 0 Å². The first-order chi connectivity index (χ1) is 10.0. The molecule has 0 fully saturated rings. The fourth-order valence-electron chi connectivity index (χ4n) is 1.87. The number of ether oxygens (including phenoxy) is 2. The molecule has 1 aromatic rings. The van der Waals surface area contributed by atoms with Crippen molar-refractivity contribution in [1.82, 2.24) is 0 Å². The summed E-state index contributed by atoms with van der Waals surface area (Å²) in [4.78, 5) is 10.7. The number of methoxy groups -OCH3 is 2. The molecule has 7 nitrogen and oxygen atoms in total. The van der Waals surface area contributed by atoms with Crippen LogP contribution in [0, 0.1) is 0 Å². The van der Waals surface area contributed by atoms with Crippen LogP contribution in [0.2, 0.25) is 0 Å². The molecule has 0 saturated carbocycles. The van der Waals surface area contributed by atoms with Gasteiger partial charge in [-0.05, 0) is 12.5 Å². The Morgan fingerprint density at radius 2 is 2.05 bits per heavy atom. The van der Waals surface area contributed by atoms with Crippen LogP contribution in [-0.2, 0) is 11.2 Å². The Morgan fingerprint density at radius 3 is 2.57 bits per heavy atom. The van der Waals surface area contributed by atoms with Gasteiger partial charge in [-0.25, -0.2) is 0 Å². The average molecular weight is 299 g/mol. The van der Waals surface area contributed by atoms with Gasteiger partial charge in [0.2, 0.25) is 0 Å². The van der Waals surface area contributed by atoms with Crippen LogP contribution >= 0.6 is 0 Å². The third-order valence-electron chi connectivity index (χ3n) is 2.92. The SMILES string of the molecule is COc1cc(NCC(O)CO)cc(CCC(=O)O)c1OC. The van der Waals surface area contributed by atoms with Crippen LogP contribution in [0.3, 0.4) is 0 Å². The molecule has 1 atom stereocenters. The van der Waals surface area contributed by atoms with E-state index < -0.39 is 12.1 Å². The number of carbonyl (C=O) groups is 1. The van der Waals surface area contributed by atoms with Crippen molar-refractivity contribution in [3.8, 4) is 11.5 Å². The van der Waals surface area contributed by atoms with E-state index in [9.17, 15) is 9.90 Å². The second kappa shape index (κ2) is 8.33. The number of hydrogen-bond acceptors (Lipinski definition) is 6. The van der Waals surface area contributed by atoms with Crippen molar-refractivity contribution in [2.24, 2.45) is 0 Å². The highest BCUT2D eigenvalue weighted by molar-refractivity contribution is 5.68. The van der Waals surface area contributed by atoms with Crippen LogP contribution in [0.5, 0.6) is 11.5 Å². The molecule has 0 saturated heterocycles. The van der Waals surface area contributed by atoms with Crippen LogP contribution in [0.4, 0.5) is 5.69 Å². The van der Waals surface area contributed by atoms with E-state index in [1.54, 1.807) is 12.1 Å². The van der Waals surface area contributed by atoms with E-state index in [2.05, 4.69) is 5.32 Å². The molecule has 0 amide bonds. The molecular formula is C14H21NO6. The summed E-state index contributed by atoms with van der Waals surface area (Å²) in [7, 11) is 2.98. The zero-order valence-electron chi connectivity index (χ0n) is 12.1. The molecule has 1 rings (SSSR count). The first-order valence-electron chi connectivity index (χ1n) is 6.51. The van der Waals surface area contributed by atoms with Gasteiger partial charge in [-0.1, -0.05) is 0 Å². The highest BCUT2D eigenvalue weighted by Crippen LogP contribution is 2.35. The number of aliphatic hydroxyl groups is 2. The van der Waals surface area contributed by atoms with Crippen LogP contribution in [0.1, 0.15) is 12.0 Å². The van der Waals surface area contributed by atoms with E-state index in [1.165, 1.54) is 14.2 Å². The summed E-state index contributed by atoms with van der Waals surface area (Å²) >= 11 is 0. The molecule has 21 heavy (non-hydrogen) atoms. The van der Waals surface area contributed by atoms with Crippen molar-refractivity contribution in [3.63, 3.8) is 0 Å². The smallest absolute Gasteiger partial charge is 0.303 e. The van der Waals surface area contributed by atoms with Crippen molar-refractivity contribution in [1.29, 1.82) is 0 Å². The molecule has 0 aliphatic carbocycles. The summed E-state index contributed by atoms with van der Waals surface area (Å²) < 4.78 is 10.5. The highest BCUT2D eigenvalue weighted by Gasteiger charge is 2.14. The molecule has 0 aliphatic rings. The predicted molar refractivity (Wildman–Crippen MR) is 77.1 cm³/mol. The fraction of sp³-hybridized carbons (Fsp3) is 0.500. The number of rotatable bonds is 9. The first kappa shape index (κ1) is 17.1. The maximum Gasteiger partial charge on any atom is 0.303 e. The number of aliphatic hydroxyl groups excluding tert-OH is 2. The molecule has 0 spiro atoms. The lowest BCUT2D eigenvalue weighted by molar-refractivity contribution is -0.136. The molecule has 0 heterocycles. The summed E-state index contributed by atoms with van der Waals surface area (Å²) in [5.74, 6) is 0.0680. The minimum Gasteiger partial charge on any atom is -0.493 e. The third-order valence-corrected chi connectivity index (χ3v) is 2.92. The average Bonchev–Trinajstić information content (AvgIpc) is 2.49. The van der Waals surface area contributed by atoms with E-state index in [0.29, 0.717) is 29.2 Å². The van der Waals surface area contributed by atoms with Gasteiger partial charge >= 0.3 is 5.97 Å². The van der Waals surface area contributed by atoms with Gasteiger partial charge in [-0.2, -0.15) is 0 Å². The van der Waals surface area contributed by atoms with Gasteiger partial charge in [0.15, 0.2) is 11.5 Å². The lowest BCUT2D eigenvalue weighted by Crippen LogP contribution is -2.23. The van der Waals surface area contributed by atoms with Gasteiger partial charge in [0.25, 0.3) is 0 Å². The molecule has 1 unspecified atom stereocenters. The number of carboxylic acid groups (broad SMARTS) is 1. The van der Waals surface area contributed by atoms with Gasteiger partial charge in [0.05, 0.1) is 26.9 Å². The largest absolute Gasteiger partial charge is 0.493 e. The van der Waals surface area contributed by atoms with E-state index in [-0.39, 0.29) is 19.6 Å². The van der Waals surface area contributed by atoms with Crippen LogP contribution in [-0.4, -0.2) is 54.8 Å². The molecule has 0 aliphatic heterocycles. The lowest BCUT2D eigenvalue weighted by Gasteiger charge is -2.16. The number of hydrogen-bond donors (Lipinski definition) is 4. The van der Waals surface area contributed by atoms with E-state index in [0.717, 1.165) is 0 Å². The predicted octanol–water partition coefficient (Wildman–Crippen LogP) is 0.486. The monoisotopic (exact) mass is 299 g/mol. The molecule has 118 valence electrons. The highest BCUT2D eigenvalue weighted by atomic mass is 16.5. The van der Waals surface area contributed by atoms with E-state index in [1.807, 2.05) is 0 Å². The fourth-order valence-corrected chi connectivity index (χ4v) is 1.87. The van der Waals surface area contributed by atoms with Crippen LogP contribution < -0.4 is 14.8 Å². The summed E-state index contributed by atoms with van der Waals surface area (Å²) in [6, 6.07) is 3.43. The Kier molecular flexibility index (Phi) is 6.77. The minimum atomic E-state index is -0.898. The van der Waals surface area contributed by atoms with Crippen LogP contribution in [0.25, 0.3) is 0 Å². The Hall–Kier alpha value is -1.99. The zero-order chi connectivity index (χ0) is 15.8. The third kappa shape index (κ3) is 5.13. The summed E-state index contributed by atoms with van der Waals surface area (Å²) in [5.41, 5.74) is 1.35. The van der Waals surface area contributed by atoms with E-state index >= 15 is 0 Å². The van der Waals surface area contributed by atoms with Gasteiger partial charge in [0, 0.05) is 30.3 Å². The summed E-state index contributed by atoms with van der Waals surface area (Å²) in [6.07, 6.45) is -0.601. The number of carboxylic acids is 1. The Balaban J connectivity index is 2.98. The maximum atomic E-state index is 10.7. The quantitative estimate of drug-likeness (QED) is 0.525. The zero-order valence-corrected chi connectivity index (χ0v) is 12.1. The van der Waals surface area contributed by atoms with Gasteiger partial charge in [-0.3, -0.25) is 4.79 Å². The summed E-state index contributed by atoms with van der Waals surface area (Å²) in [6.45, 7) is -0.170. The molecule has 1 aromatic carbocycles. The Labute approximate surface area is 123 Å². The lowest BCUT2D eigenvalue weighted by atomic mass is 10.1. The van der Waals surface area contributed by atoms with Crippen molar-refractivity contribution in [2.45, 2.75) is 18.9 Å². The van der Waals surface area contributed by atoms with E-state index in [4.69, 9.17) is 19.7 Å². The van der Waals surface area contributed by atoms with Crippen molar-refractivity contribution >= 4 is 11.7 Å². The number of benzene rings is 1. The Bertz CT molecular complexity index is 477. The molecular weight excluding hydrogens is 278 g/mol. The van der Waals surface area contributed by atoms with Crippen LogP contribution in [0.15, 0.2) is 12.1 Å². The number of nitrogens with one attached hydrogen (secondary N) is 1. The number of aliphatic carboxylic acids is 1. The van der Waals surface area contributed by atoms with Crippen molar-refractivity contribution in [2.75, 3.05) is 32.7 Å². The molecule has 7 heteroatoms. The Morgan fingerprint density at radius 1 is 1.33 bits per heavy atom. The number of aryl methyl sites for hydroxylation is 1.